The first kappa shape index (κ1) is 16.0. The fourth-order valence-electron chi connectivity index (χ4n) is 2.97. The number of aliphatic hydroxyl groups excluding tert-OH is 1. The molecule has 1 fully saturated rings. The molecule has 1 saturated heterocycles. The number of carbonyl (C=O) groups excluding carboxylic acids is 1. The second-order valence-corrected chi connectivity index (χ2v) is 5.97. The van der Waals surface area contributed by atoms with E-state index in [1.807, 2.05) is 19.9 Å². The van der Waals surface area contributed by atoms with Crippen LogP contribution in [0.4, 0.5) is 0 Å². The zero-order valence-electron chi connectivity index (χ0n) is 13.3. The van der Waals surface area contributed by atoms with Crippen LogP contribution in [-0.2, 0) is 4.74 Å². The van der Waals surface area contributed by atoms with Gasteiger partial charge < -0.3 is 14.3 Å². The first-order valence-corrected chi connectivity index (χ1v) is 7.54. The molecule has 5 heteroatoms. The Labute approximate surface area is 125 Å². The van der Waals surface area contributed by atoms with E-state index < -0.39 is 5.97 Å². The molecule has 1 aromatic heterocycles. The predicted octanol–water partition coefficient (Wildman–Crippen LogP) is 2.53. The number of furan rings is 1. The fourth-order valence-corrected chi connectivity index (χ4v) is 2.97. The summed E-state index contributed by atoms with van der Waals surface area (Å²) in [5, 5.41) is 9.79. The molecule has 1 aliphatic heterocycles. The molecular weight excluding hydrogens is 270 g/mol. The molecule has 2 heterocycles. The van der Waals surface area contributed by atoms with E-state index in [9.17, 15) is 9.90 Å². The van der Waals surface area contributed by atoms with Crippen molar-refractivity contribution in [3.8, 4) is 0 Å². The predicted molar refractivity (Wildman–Crippen MR) is 79.2 cm³/mol. The van der Waals surface area contributed by atoms with Crippen molar-refractivity contribution in [2.75, 3.05) is 20.2 Å². The summed E-state index contributed by atoms with van der Waals surface area (Å²) in [7, 11) is 1.35. The summed E-state index contributed by atoms with van der Waals surface area (Å²) in [4.78, 5) is 13.9. The third kappa shape index (κ3) is 3.47. The Hall–Kier alpha value is -1.33. The lowest BCUT2D eigenvalue weighted by Gasteiger charge is -2.37. The van der Waals surface area contributed by atoms with Gasteiger partial charge >= 0.3 is 5.97 Å². The van der Waals surface area contributed by atoms with Gasteiger partial charge in [-0.3, -0.25) is 4.90 Å². The van der Waals surface area contributed by atoms with Crippen LogP contribution in [0.5, 0.6) is 0 Å². The van der Waals surface area contributed by atoms with Crippen LogP contribution in [-0.4, -0.2) is 42.3 Å². The molecule has 0 aromatic carbocycles. The van der Waals surface area contributed by atoms with Gasteiger partial charge in [0.15, 0.2) is 0 Å². The average Bonchev–Trinajstić information content (AvgIpc) is 2.87. The third-order valence-electron chi connectivity index (χ3n) is 4.44. The number of piperidine rings is 1. The van der Waals surface area contributed by atoms with Crippen molar-refractivity contribution in [1.29, 1.82) is 0 Å². The van der Waals surface area contributed by atoms with Crippen LogP contribution in [0.25, 0.3) is 0 Å². The van der Waals surface area contributed by atoms with Crippen molar-refractivity contribution >= 4 is 5.97 Å². The van der Waals surface area contributed by atoms with E-state index in [-0.39, 0.29) is 17.9 Å². The smallest absolute Gasteiger partial charge is 0.374 e. The second-order valence-electron chi connectivity index (χ2n) is 5.97. The zero-order valence-corrected chi connectivity index (χ0v) is 13.3. The van der Waals surface area contributed by atoms with Gasteiger partial charge in [0.2, 0.25) is 5.76 Å². The molecule has 21 heavy (non-hydrogen) atoms. The summed E-state index contributed by atoms with van der Waals surface area (Å²) in [5.74, 6) is 0.923. The van der Waals surface area contributed by atoms with Crippen molar-refractivity contribution in [2.45, 2.75) is 45.8 Å². The Morgan fingerprint density at radius 2 is 2.24 bits per heavy atom. The highest BCUT2D eigenvalue weighted by atomic mass is 16.5. The summed E-state index contributed by atoms with van der Waals surface area (Å²) in [6.45, 7) is 7.61. The SMILES string of the molecule is COC(=O)c1oc([C@H](C)N2CCC[C@@H]([C@H](C)O)C2)cc1C. The van der Waals surface area contributed by atoms with Gasteiger partial charge in [0.05, 0.1) is 19.3 Å². The number of hydrogen-bond acceptors (Lipinski definition) is 5. The number of aliphatic hydroxyl groups is 1. The number of methoxy groups -OCH3 is 1. The van der Waals surface area contributed by atoms with Crippen molar-refractivity contribution in [2.24, 2.45) is 5.92 Å². The first-order valence-electron chi connectivity index (χ1n) is 7.54. The molecule has 0 aliphatic carbocycles. The monoisotopic (exact) mass is 295 g/mol. The number of rotatable bonds is 4. The number of hydrogen-bond donors (Lipinski definition) is 1. The normalized spacial score (nSPS) is 22.8. The van der Waals surface area contributed by atoms with Gasteiger partial charge in [0, 0.05) is 12.1 Å². The quantitative estimate of drug-likeness (QED) is 0.865. The largest absolute Gasteiger partial charge is 0.463 e. The molecule has 1 aliphatic rings. The Bertz CT molecular complexity index is 494. The summed E-state index contributed by atoms with van der Waals surface area (Å²) in [5.41, 5.74) is 0.799. The summed E-state index contributed by atoms with van der Waals surface area (Å²) < 4.78 is 10.4. The van der Waals surface area contributed by atoms with Crippen LogP contribution in [0.1, 0.15) is 54.6 Å². The highest BCUT2D eigenvalue weighted by Gasteiger charge is 2.29. The van der Waals surface area contributed by atoms with Crippen LogP contribution in [0.2, 0.25) is 0 Å². The van der Waals surface area contributed by atoms with Gasteiger partial charge in [-0.2, -0.15) is 0 Å². The van der Waals surface area contributed by atoms with E-state index in [4.69, 9.17) is 9.15 Å². The molecule has 2 rings (SSSR count). The lowest BCUT2D eigenvalue weighted by atomic mass is 9.92. The minimum Gasteiger partial charge on any atom is -0.463 e. The Balaban J connectivity index is 2.12. The topological polar surface area (TPSA) is 62.9 Å². The molecule has 3 atom stereocenters. The standard InChI is InChI=1S/C16H25NO4/c1-10-8-14(21-15(10)16(19)20-4)11(2)17-7-5-6-13(9-17)12(3)18/h8,11-13,18H,5-7,9H2,1-4H3/t11-,12-,13+/m0/s1. The Morgan fingerprint density at radius 1 is 1.52 bits per heavy atom. The van der Waals surface area contributed by atoms with E-state index in [1.54, 1.807) is 0 Å². The molecule has 1 aromatic rings. The minimum atomic E-state index is -0.438. The summed E-state index contributed by atoms with van der Waals surface area (Å²) >= 11 is 0. The maximum atomic E-state index is 11.6. The van der Waals surface area contributed by atoms with E-state index in [0.29, 0.717) is 5.92 Å². The fraction of sp³-hybridized carbons (Fsp3) is 0.688. The van der Waals surface area contributed by atoms with Crippen molar-refractivity contribution < 1.29 is 19.1 Å². The van der Waals surface area contributed by atoms with Crippen LogP contribution in [0.3, 0.4) is 0 Å². The molecule has 0 unspecified atom stereocenters. The molecule has 5 nitrogen and oxygen atoms in total. The molecule has 118 valence electrons. The number of ether oxygens (including phenoxy) is 1. The highest BCUT2D eigenvalue weighted by Crippen LogP contribution is 2.30. The molecule has 0 radical (unpaired) electrons. The average molecular weight is 295 g/mol. The van der Waals surface area contributed by atoms with Gasteiger partial charge in [-0.05, 0) is 52.1 Å². The number of nitrogens with zero attached hydrogens (tertiary/aromatic N) is 1. The molecule has 1 N–H and O–H groups in total. The Kier molecular flexibility index (Phi) is 5.06. The lowest BCUT2D eigenvalue weighted by Crippen LogP contribution is -2.40. The number of aryl methyl sites for hydroxylation is 1. The number of likely N-dealkylation sites (tertiary alicyclic amines) is 1. The van der Waals surface area contributed by atoms with Gasteiger partial charge in [-0.15, -0.1) is 0 Å². The van der Waals surface area contributed by atoms with Crippen molar-refractivity contribution in [3.05, 3.63) is 23.2 Å². The number of esters is 1. The first-order chi connectivity index (χ1) is 9.93. The number of carbonyl (C=O) groups is 1. The third-order valence-corrected chi connectivity index (χ3v) is 4.44. The second kappa shape index (κ2) is 6.62. The van der Waals surface area contributed by atoms with Gasteiger partial charge in [0.1, 0.15) is 5.76 Å². The van der Waals surface area contributed by atoms with Crippen LogP contribution in [0.15, 0.2) is 10.5 Å². The Morgan fingerprint density at radius 3 is 2.86 bits per heavy atom. The lowest BCUT2D eigenvalue weighted by molar-refractivity contribution is 0.0415. The van der Waals surface area contributed by atoms with Crippen molar-refractivity contribution in [3.63, 3.8) is 0 Å². The maximum absolute atomic E-state index is 11.6. The van der Waals surface area contributed by atoms with Crippen molar-refractivity contribution in [1.82, 2.24) is 4.90 Å². The molecular formula is C16H25NO4. The molecule has 0 bridgehead atoms. The molecule has 0 saturated carbocycles. The van der Waals surface area contributed by atoms with Gasteiger partial charge in [0.25, 0.3) is 0 Å². The summed E-state index contributed by atoms with van der Waals surface area (Å²) in [6.07, 6.45) is 1.85. The van der Waals surface area contributed by atoms with E-state index >= 15 is 0 Å². The van der Waals surface area contributed by atoms with E-state index in [1.165, 1.54) is 7.11 Å². The summed E-state index contributed by atoms with van der Waals surface area (Å²) in [6, 6.07) is 1.99. The molecule has 0 amide bonds. The van der Waals surface area contributed by atoms with E-state index in [0.717, 1.165) is 37.3 Å². The van der Waals surface area contributed by atoms with Crippen LogP contribution in [0, 0.1) is 12.8 Å². The van der Waals surface area contributed by atoms with E-state index in [2.05, 4.69) is 11.8 Å². The van der Waals surface area contributed by atoms with Crippen LogP contribution >= 0.6 is 0 Å². The maximum Gasteiger partial charge on any atom is 0.374 e. The van der Waals surface area contributed by atoms with Crippen LogP contribution < -0.4 is 0 Å². The van der Waals surface area contributed by atoms with Gasteiger partial charge in [-0.25, -0.2) is 4.79 Å². The van der Waals surface area contributed by atoms with Gasteiger partial charge in [-0.1, -0.05) is 0 Å². The highest BCUT2D eigenvalue weighted by molar-refractivity contribution is 5.87. The minimum absolute atomic E-state index is 0.0867. The zero-order chi connectivity index (χ0) is 15.6. The molecule has 0 spiro atoms.